The van der Waals surface area contributed by atoms with Gasteiger partial charge in [-0.05, 0) is 59.2 Å². The summed E-state index contributed by atoms with van der Waals surface area (Å²) >= 11 is 3.52. The number of hydrogen-bond acceptors (Lipinski definition) is 6. The van der Waals surface area contributed by atoms with Crippen LogP contribution in [0.15, 0.2) is 28.7 Å². The van der Waals surface area contributed by atoms with Gasteiger partial charge in [-0.25, -0.2) is 4.67 Å². The van der Waals surface area contributed by atoms with Crippen molar-refractivity contribution in [2.45, 2.75) is 76.1 Å². The van der Waals surface area contributed by atoms with Crippen LogP contribution in [-0.2, 0) is 9.05 Å². The van der Waals surface area contributed by atoms with Crippen molar-refractivity contribution in [1.82, 2.24) is 4.67 Å². The van der Waals surface area contributed by atoms with E-state index in [1.54, 1.807) is 0 Å². The second-order valence-corrected chi connectivity index (χ2v) is 13.1. The summed E-state index contributed by atoms with van der Waals surface area (Å²) in [5.74, 6) is 0. The minimum Gasteiger partial charge on any atom is -0.321 e. The number of nitrogens with zero attached hydrogens (tertiary/aromatic N) is 2. The summed E-state index contributed by atoms with van der Waals surface area (Å²) in [6.07, 6.45) is 0.386. The lowest BCUT2D eigenvalue weighted by atomic mass is 9.98. The third-order valence-electron chi connectivity index (χ3n) is 4.39. The molecule has 1 saturated heterocycles. The molecule has 1 fully saturated rings. The smallest absolute Gasteiger partial charge is 0.259 e. The van der Waals surface area contributed by atoms with Crippen LogP contribution < -0.4 is 0 Å². The molecule has 8 heteroatoms. The fourth-order valence-electron chi connectivity index (χ4n) is 3.09. The van der Waals surface area contributed by atoms with Gasteiger partial charge in [-0.1, -0.05) is 49.7 Å². The van der Waals surface area contributed by atoms with E-state index >= 15 is 0 Å². The second kappa shape index (κ2) is 11.0. The first-order valence-corrected chi connectivity index (χ1v) is 13.7. The predicted molar refractivity (Wildman–Crippen MR) is 126 cm³/mol. The van der Waals surface area contributed by atoms with Crippen LogP contribution in [0.4, 0.5) is 0 Å². The molecule has 1 heterocycles. The van der Waals surface area contributed by atoms with E-state index in [1.165, 1.54) is 5.56 Å². The zero-order valence-electron chi connectivity index (χ0n) is 17.4. The van der Waals surface area contributed by atoms with Crippen LogP contribution in [-0.4, -0.2) is 34.2 Å². The van der Waals surface area contributed by atoms with Gasteiger partial charge < -0.3 is 9.05 Å². The van der Waals surface area contributed by atoms with Gasteiger partial charge >= 0.3 is 0 Å². The summed E-state index contributed by atoms with van der Waals surface area (Å²) in [6, 6.07) is 11.3. The van der Waals surface area contributed by atoms with Crippen LogP contribution in [0.25, 0.3) is 0 Å². The maximum absolute atomic E-state index is 8.93. The van der Waals surface area contributed by atoms with E-state index in [4.69, 9.17) is 14.3 Å². The lowest BCUT2D eigenvalue weighted by molar-refractivity contribution is 0.114. The molecule has 0 N–H and O–H groups in total. The molecule has 28 heavy (non-hydrogen) atoms. The molecular weight excluding hydrogens is 475 g/mol. The topological polar surface area (TPSA) is 45.5 Å². The first-order chi connectivity index (χ1) is 13.2. The maximum atomic E-state index is 8.93. The van der Waals surface area contributed by atoms with E-state index in [2.05, 4.69) is 92.5 Å². The molecule has 0 saturated carbocycles. The summed E-state index contributed by atoms with van der Waals surface area (Å²) in [7, 11) is 2.49. The van der Waals surface area contributed by atoms with Crippen molar-refractivity contribution in [3.8, 4) is 6.07 Å². The van der Waals surface area contributed by atoms with Crippen molar-refractivity contribution < 1.29 is 9.05 Å². The number of rotatable bonds is 9. The standard InChI is InChI=1S/C20H30BrN2O2PS2/c1-14(2)23(15(3)4)26(24-13-7-12-22)25-19-18(27-28-20(19,5)6)16-8-10-17(21)11-9-16/h8-11,14-15,18-19H,7,13H2,1-6H3/t18-,19+,26?/m1/s1. The molecule has 1 aromatic carbocycles. The Bertz CT molecular complexity index is 659. The average Bonchev–Trinajstić information content (AvgIpc) is 2.90. The van der Waals surface area contributed by atoms with Gasteiger partial charge in [0.15, 0.2) is 0 Å². The van der Waals surface area contributed by atoms with E-state index in [0.29, 0.717) is 25.1 Å². The van der Waals surface area contributed by atoms with Crippen molar-refractivity contribution in [3.05, 3.63) is 34.3 Å². The van der Waals surface area contributed by atoms with Gasteiger partial charge in [-0.15, -0.1) is 0 Å². The average molecular weight is 505 g/mol. The molecule has 4 nitrogen and oxygen atoms in total. The summed E-state index contributed by atoms with van der Waals surface area (Å²) in [5.41, 5.74) is 1.27. The van der Waals surface area contributed by atoms with Crippen molar-refractivity contribution in [2.24, 2.45) is 0 Å². The molecular formula is C20H30BrN2O2PS2. The number of hydrogen-bond donors (Lipinski definition) is 0. The number of benzene rings is 1. The molecule has 156 valence electrons. The largest absolute Gasteiger partial charge is 0.321 e. The first kappa shape index (κ1) is 24.5. The van der Waals surface area contributed by atoms with Crippen LogP contribution in [0.5, 0.6) is 0 Å². The van der Waals surface area contributed by atoms with Crippen LogP contribution in [0.2, 0.25) is 0 Å². The molecule has 1 aliphatic rings. The van der Waals surface area contributed by atoms with Gasteiger partial charge in [0, 0.05) is 21.3 Å². The van der Waals surface area contributed by atoms with Crippen LogP contribution in [0.1, 0.15) is 58.8 Å². The van der Waals surface area contributed by atoms with Gasteiger partial charge in [-0.3, -0.25) is 0 Å². The third kappa shape index (κ3) is 6.35. The number of halogens is 1. The molecule has 1 aliphatic heterocycles. The highest BCUT2D eigenvalue weighted by Crippen LogP contribution is 2.63. The summed E-state index contributed by atoms with van der Waals surface area (Å²) in [4.78, 5) is 0. The van der Waals surface area contributed by atoms with E-state index < -0.39 is 8.53 Å². The zero-order valence-corrected chi connectivity index (χ0v) is 21.5. The Morgan fingerprint density at radius 2 is 1.82 bits per heavy atom. The Balaban J connectivity index is 2.28. The highest BCUT2D eigenvalue weighted by Gasteiger charge is 2.48. The second-order valence-electron chi connectivity index (χ2n) is 7.83. The van der Waals surface area contributed by atoms with Gasteiger partial charge in [-0.2, -0.15) is 5.26 Å². The number of nitriles is 1. The fraction of sp³-hybridized carbons (Fsp3) is 0.650. The molecule has 1 aromatic rings. The summed E-state index contributed by atoms with van der Waals surface area (Å²) in [5, 5.41) is 9.16. The lowest BCUT2D eigenvalue weighted by Gasteiger charge is -2.39. The van der Waals surface area contributed by atoms with Gasteiger partial charge in [0.25, 0.3) is 8.53 Å². The van der Waals surface area contributed by atoms with E-state index in [-0.39, 0.29) is 16.1 Å². The van der Waals surface area contributed by atoms with Crippen LogP contribution >= 0.6 is 46.0 Å². The molecule has 0 aromatic heterocycles. The lowest BCUT2D eigenvalue weighted by Crippen LogP contribution is -2.39. The van der Waals surface area contributed by atoms with Crippen molar-refractivity contribution in [2.75, 3.05) is 6.61 Å². The van der Waals surface area contributed by atoms with Gasteiger partial charge in [0.2, 0.25) is 0 Å². The highest BCUT2D eigenvalue weighted by atomic mass is 79.9. The van der Waals surface area contributed by atoms with Crippen molar-refractivity contribution >= 4 is 46.0 Å². The summed E-state index contributed by atoms with van der Waals surface area (Å²) in [6.45, 7) is 13.6. The predicted octanol–water partition coefficient (Wildman–Crippen LogP) is 7.32. The maximum Gasteiger partial charge on any atom is 0.259 e. The first-order valence-electron chi connectivity index (χ1n) is 9.52. The van der Waals surface area contributed by atoms with Gasteiger partial charge in [0.05, 0.1) is 30.5 Å². The van der Waals surface area contributed by atoms with Crippen LogP contribution in [0, 0.1) is 11.3 Å². The monoisotopic (exact) mass is 504 g/mol. The minimum atomic E-state index is -1.26. The molecule has 0 amide bonds. The third-order valence-corrected chi connectivity index (χ3v) is 10.7. The molecule has 3 atom stereocenters. The highest BCUT2D eigenvalue weighted by molar-refractivity contribution is 9.10. The fourth-order valence-corrected chi connectivity index (χ4v) is 8.85. The molecule has 1 unspecified atom stereocenters. The minimum absolute atomic E-state index is 0.0110. The molecule has 0 spiro atoms. The van der Waals surface area contributed by atoms with E-state index in [9.17, 15) is 0 Å². The Kier molecular flexibility index (Phi) is 9.61. The molecule has 2 rings (SSSR count). The van der Waals surface area contributed by atoms with Crippen LogP contribution in [0.3, 0.4) is 0 Å². The van der Waals surface area contributed by atoms with E-state index in [1.807, 2.05) is 21.6 Å². The normalized spacial score (nSPS) is 22.8. The Hall–Kier alpha value is 0.200. The Morgan fingerprint density at radius 3 is 2.36 bits per heavy atom. The summed E-state index contributed by atoms with van der Waals surface area (Å²) < 4.78 is 16.2. The quantitative estimate of drug-likeness (QED) is 0.199. The van der Waals surface area contributed by atoms with Crippen molar-refractivity contribution in [1.29, 1.82) is 5.26 Å². The Morgan fingerprint density at radius 1 is 1.21 bits per heavy atom. The zero-order chi connectivity index (χ0) is 20.9. The SMILES string of the molecule is CC(C)N(C(C)C)P(OCCC#N)O[C@H]1[C@@H](c2ccc(Br)cc2)SSC1(C)C. The molecule has 0 radical (unpaired) electrons. The van der Waals surface area contributed by atoms with E-state index in [0.717, 1.165) is 4.47 Å². The molecule has 0 bridgehead atoms. The Labute approximate surface area is 187 Å². The van der Waals surface area contributed by atoms with Gasteiger partial charge in [0.1, 0.15) is 0 Å². The molecule has 0 aliphatic carbocycles. The van der Waals surface area contributed by atoms with Crippen molar-refractivity contribution in [3.63, 3.8) is 0 Å².